The summed E-state index contributed by atoms with van der Waals surface area (Å²) in [5.74, 6) is 1.11. The molecule has 2 unspecified atom stereocenters. The average Bonchev–Trinajstić information content (AvgIpc) is 3.87. The first-order valence-corrected chi connectivity index (χ1v) is 16.4. The molecule has 6 rings (SSSR count). The molecule has 45 heavy (non-hydrogen) atoms. The third kappa shape index (κ3) is 19.2. The zero-order valence-electron chi connectivity index (χ0n) is 26.2. The molecule has 242 valence electrons. The van der Waals surface area contributed by atoms with E-state index in [9.17, 15) is 4.79 Å². The zero-order valence-corrected chi connectivity index (χ0v) is 32.4. The number of hydrogen-bond donors (Lipinski definition) is 3. The predicted molar refractivity (Wildman–Crippen MR) is 189 cm³/mol. The summed E-state index contributed by atoms with van der Waals surface area (Å²) in [6.07, 6.45) is 10.1. The van der Waals surface area contributed by atoms with Crippen LogP contribution in [0, 0.1) is 29.6 Å². The van der Waals surface area contributed by atoms with Crippen LogP contribution in [0.1, 0.15) is 92.9 Å². The predicted octanol–water partition coefficient (Wildman–Crippen LogP) is 5.31. The second-order valence-electron chi connectivity index (χ2n) is 10.4. The Morgan fingerprint density at radius 3 is 1.56 bits per heavy atom. The maximum absolute atomic E-state index is 11.4. The molecule has 3 aromatic rings. The number of ether oxygens (including phenoxy) is 1. The molecule has 3 aliphatic rings. The number of rotatable bonds is 6. The van der Waals surface area contributed by atoms with Gasteiger partial charge in [-0.15, -0.1) is 0 Å². The summed E-state index contributed by atoms with van der Waals surface area (Å²) in [5.41, 5.74) is 15.8. The van der Waals surface area contributed by atoms with Crippen molar-refractivity contribution in [2.75, 3.05) is 13.2 Å². The molecular formula is C35H46Br3MgN3O3. The first-order chi connectivity index (χ1) is 20.7. The maximum atomic E-state index is 11.4. The summed E-state index contributed by atoms with van der Waals surface area (Å²) in [6.45, 7) is 4.14. The zero-order chi connectivity index (χ0) is 31.6. The Bertz CT molecular complexity index is 1250. The maximum Gasteiger partial charge on any atom is 2.00 e. The van der Waals surface area contributed by atoms with Crippen LogP contribution in [0.3, 0.4) is 0 Å². The first-order valence-electron chi connectivity index (χ1n) is 14.9. The second-order valence-corrected chi connectivity index (χ2v) is 12.3. The second kappa shape index (κ2) is 24.8. The molecule has 5 N–H and O–H groups in total. The fourth-order valence-corrected chi connectivity index (χ4v) is 4.25. The van der Waals surface area contributed by atoms with Crippen LogP contribution in [0.5, 0.6) is 0 Å². The molecular weight excluding hydrogens is 774 g/mol. The summed E-state index contributed by atoms with van der Waals surface area (Å²) < 4.78 is 7.04. The molecule has 10 heteroatoms. The number of nitrogens with two attached hydrogens (primary N) is 2. The van der Waals surface area contributed by atoms with Crippen LogP contribution < -0.4 is 28.4 Å². The fourth-order valence-electron chi connectivity index (χ4n) is 3.72. The van der Waals surface area contributed by atoms with Crippen LogP contribution in [0.4, 0.5) is 0 Å². The summed E-state index contributed by atoms with van der Waals surface area (Å²) in [6, 6.07) is 25.4. The van der Waals surface area contributed by atoms with Crippen molar-refractivity contribution < 1.29 is 33.0 Å². The number of esters is 1. The Hall–Kier alpha value is -1.29. The third-order valence-corrected chi connectivity index (χ3v) is 7.64. The number of aliphatic hydroxyl groups is 1. The Morgan fingerprint density at radius 2 is 1.24 bits per heavy atom. The number of aliphatic hydroxyl groups excluding tert-OH is 1. The van der Waals surface area contributed by atoms with Crippen LogP contribution in [-0.2, 0) is 4.74 Å². The van der Waals surface area contributed by atoms with Crippen molar-refractivity contribution in [2.24, 2.45) is 23.3 Å². The van der Waals surface area contributed by atoms with E-state index in [2.05, 4.69) is 62.5 Å². The Balaban J connectivity index is 0. The first kappa shape index (κ1) is 43.7. The molecule has 3 saturated carbocycles. The Labute approximate surface area is 314 Å². The largest absolute Gasteiger partial charge is 2.00 e. The summed E-state index contributed by atoms with van der Waals surface area (Å²) in [4.78, 5) is 11.4. The third-order valence-electron chi connectivity index (χ3n) is 6.58. The number of carbonyl (C=O) groups is 1. The minimum absolute atomic E-state index is 0. The van der Waals surface area contributed by atoms with Gasteiger partial charge in [-0.3, -0.25) is 0 Å². The minimum atomic E-state index is -0.269. The van der Waals surface area contributed by atoms with Crippen molar-refractivity contribution in [3.63, 3.8) is 0 Å². The summed E-state index contributed by atoms with van der Waals surface area (Å²) in [5, 5.41) is 15.9. The Morgan fingerprint density at radius 1 is 0.889 bits per heavy atom. The van der Waals surface area contributed by atoms with Crippen molar-refractivity contribution in [3.05, 3.63) is 110 Å². The van der Waals surface area contributed by atoms with Gasteiger partial charge in [0.25, 0.3) is 0 Å². The van der Waals surface area contributed by atoms with Crippen molar-refractivity contribution in [1.29, 1.82) is 5.26 Å². The molecule has 0 aromatic heterocycles. The minimum Gasteiger partial charge on any atom is -1.00 e. The van der Waals surface area contributed by atoms with E-state index in [4.69, 9.17) is 26.6 Å². The van der Waals surface area contributed by atoms with Gasteiger partial charge in [0.15, 0.2) is 0 Å². The molecule has 0 radical (unpaired) electrons. The monoisotopic (exact) mass is 819 g/mol. The standard InChI is InChI=1S/C13H17NO2.C10H12BrN.C7H4BrN.C3H5.C2H6O.BrH.Mg.H2/c1-2-16-13(15)11-7-5-10(6-8-11)12(14)9-3-4-9;11-9-5-3-8(4-6-9)10(12)7-1-2-7;8-7-3-1-6(5-9)2-4-7;1-2-3-1;1-2-3;;;/h5-9,12H,2-4,14H2,1H3;3-7,10H,1-2,12H2;1-4H;1H,2-3H2;3H,2H2,1H3;1H;;1H/q;;;-1;;;+2;/p-1/i;;;;;;;1+2. The molecule has 0 spiro atoms. The average molecular weight is 823 g/mol. The van der Waals surface area contributed by atoms with Crippen LogP contribution in [0.2, 0.25) is 0 Å². The van der Waals surface area contributed by atoms with Gasteiger partial charge >= 0.3 is 29.0 Å². The Kier molecular flexibility index (Phi) is 24.1. The van der Waals surface area contributed by atoms with Gasteiger partial charge in [0.1, 0.15) is 0 Å². The van der Waals surface area contributed by atoms with E-state index in [-0.39, 0.29) is 66.1 Å². The van der Waals surface area contributed by atoms with Crippen molar-refractivity contribution in [3.8, 4) is 6.07 Å². The molecule has 0 bridgehead atoms. The van der Waals surface area contributed by atoms with E-state index in [0.717, 1.165) is 20.4 Å². The molecule has 3 aromatic carbocycles. The van der Waals surface area contributed by atoms with E-state index >= 15 is 0 Å². The van der Waals surface area contributed by atoms with E-state index in [1.165, 1.54) is 44.1 Å². The van der Waals surface area contributed by atoms with Crippen LogP contribution in [0.15, 0.2) is 81.7 Å². The number of hydrogen-bond acceptors (Lipinski definition) is 6. The van der Waals surface area contributed by atoms with Crippen molar-refractivity contribution in [2.45, 2.75) is 64.5 Å². The van der Waals surface area contributed by atoms with E-state index < -0.39 is 0 Å². The SMILES string of the molecule is CCO.CCOC(=O)c1ccc(C(N)C2CC2)cc1.N#Cc1ccc(Br)cc1.NC(c1ccc(Br)cc1)C1CC1.[3HH].[Br-].[CH-]1CC1.[Mg+2]. The molecule has 0 heterocycles. The van der Waals surface area contributed by atoms with E-state index in [1.54, 1.807) is 38.1 Å². The molecule has 3 fully saturated rings. The molecule has 3 aliphatic carbocycles. The quantitative estimate of drug-likeness (QED) is 0.176. The molecule has 0 aliphatic heterocycles. The van der Waals surface area contributed by atoms with Crippen LogP contribution >= 0.6 is 31.9 Å². The molecule has 0 saturated heterocycles. The normalized spacial score (nSPS) is 14.8. The van der Waals surface area contributed by atoms with Gasteiger partial charge in [-0.25, -0.2) is 17.6 Å². The van der Waals surface area contributed by atoms with Gasteiger partial charge in [0.2, 0.25) is 0 Å². The van der Waals surface area contributed by atoms with Gasteiger partial charge in [0.05, 0.1) is 23.8 Å². The number of halogens is 3. The van der Waals surface area contributed by atoms with Gasteiger partial charge in [-0.2, -0.15) is 5.26 Å². The molecule has 0 amide bonds. The van der Waals surface area contributed by atoms with Crippen molar-refractivity contribution in [1.82, 2.24) is 0 Å². The number of nitrogens with zero attached hydrogens (tertiary/aromatic N) is 1. The molecule has 2 atom stereocenters. The van der Waals surface area contributed by atoms with Crippen molar-refractivity contribution >= 4 is 60.9 Å². The number of benzene rings is 3. The van der Waals surface area contributed by atoms with E-state index in [0.29, 0.717) is 23.7 Å². The van der Waals surface area contributed by atoms with Gasteiger partial charge in [-0.1, -0.05) is 56.1 Å². The molecule has 6 nitrogen and oxygen atoms in total. The van der Waals surface area contributed by atoms with E-state index in [1.807, 2.05) is 30.3 Å². The fraction of sp³-hybridized carbons (Fsp3) is 0.400. The summed E-state index contributed by atoms with van der Waals surface area (Å²) in [7, 11) is 0. The van der Waals surface area contributed by atoms with Gasteiger partial charge in [-0.05, 0) is 111 Å². The van der Waals surface area contributed by atoms with Crippen LogP contribution in [0.25, 0.3) is 0 Å². The van der Waals surface area contributed by atoms with Crippen LogP contribution in [-0.4, -0.2) is 47.3 Å². The smallest absolute Gasteiger partial charge is 1.00 e. The topological polar surface area (TPSA) is 122 Å². The number of nitriles is 1. The van der Waals surface area contributed by atoms with Gasteiger partial charge in [0, 0.05) is 29.1 Å². The number of carbonyl (C=O) groups excluding carboxylic acids is 1. The summed E-state index contributed by atoms with van der Waals surface area (Å²) >= 11 is 6.67. The van der Waals surface area contributed by atoms with Gasteiger partial charge < -0.3 is 44.7 Å².